The van der Waals surface area contributed by atoms with Gasteiger partial charge in [-0.1, -0.05) is 19.9 Å². The first kappa shape index (κ1) is 12.8. The lowest BCUT2D eigenvalue weighted by molar-refractivity contribution is 0.772. The Balaban J connectivity index is 2.79. The molecule has 0 aliphatic rings. The van der Waals surface area contributed by atoms with E-state index < -0.39 is 0 Å². The van der Waals surface area contributed by atoms with E-state index in [1.54, 1.807) is 11.6 Å². The van der Waals surface area contributed by atoms with Crippen LogP contribution < -0.4 is 11.3 Å². The van der Waals surface area contributed by atoms with Crippen LogP contribution in [0.3, 0.4) is 0 Å². The number of aryl methyl sites for hydroxylation is 1. The molecule has 1 aromatic heterocycles. The van der Waals surface area contributed by atoms with Crippen molar-refractivity contribution in [2.45, 2.75) is 32.7 Å². The van der Waals surface area contributed by atoms with Crippen LogP contribution in [0.25, 0.3) is 10.9 Å². The summed E-state index contributed by atoms with van der Waals surface area (Å²) < 4.78 is 1.68. The van der Waals surface area contributed by atoms with Gasteiger partial charge in [-0.3, -0.25) is 4.79 Å². The molecule has 2 rings (SSSR count). The number of hydrogen-bond acceptors (Lipinski definition) is 2. The Labute approximate surface area is 107 Å². The van der Waals surface area contributed by atoms with E-state index in [0.717, 1.165) is 10.9 Å². The van der Waals surface area contributed by atoms with Gasteiger partial charge in [-0.15, -0.1) is 0 Å². The summed E-state index contributed by atoms with van der Waals surface area (Å²) in [5.74, 6) is 0.477. The minimum atomic E-state index is -0.240. The molecule has 0 saturated heterocycles. The van der Waals surface area contributed by atoms with Crippen molar-refractivity contribution >= 4 is 10.9 Å². The molecule has 0 saturated carbocycles. The van der Waals surface area contributed by atoms with Gasteiger partial charge in [-0.2, -0.15) is 0 Å². The van der Waals surface area contributed by atoms with Crippen LogP contribution in [-0.2, 0) is 7.05 Å². The van der Waals surface area contributed by atoms with Crippen LogP contribution in [0.2, 0.25) is 0 Å². The standard InChI is InChI=1S/C15H20N2O/c1-9(2)11-5-6-14-12(7-11)8-13(10(3)16)15(18)17(14)4/h5-10H,16H2,1-4H3. The van der Waals surface area contributed by atoms with E-state index in [0.29, 0.717) is 11.5 Å². The Hall–Kier alpha value is -1.61. The molecule has 0 amide bonds. The molecule has 0 fully saturated rings. The fourth-order valence-corrected chi connectivity index (χ4v) is 2.21. The summed E-state index contributed by atoms with van der Waals surface area (Å²) in [5, 5.41) is 1.08. The SMILES string of the molecule is CC(C)c1ccc2c(c1)cc(C(C)N)c(=O)n2C. The van der Waals surface area contributed by atoms with E-state index >= 15 is 0 Å². The van der Waals surface area contributed by atoms with Crippen molar-refractivity contribution in [1.29, 1.82) is 0 Å². The summed E-state index contributed by atoms with van der Waals surface area (Å²) in [5.41, 5.74) is 8.75. The van der Waals surface area contributed by atoms with Crippen LogP contribution in [0.4, 0.5) is 0 Å². The third kappa shape index (κ3) is 2.06. The molecule has 0 aliphatic heterocycles. The Morgan fingerprint density at radius 2 is 1.83 bits per heavy atom. The highest BCUT2D eigenvalue weighted by Crippen LogP contribution is 2.21. The summed E-state index contributed by atoms with van der Waals surface area (Å²) in [7, 11) is 1.80. The number of pyridine rings is 1. The predicted molar refractivity (Wildman–Crippen MR) is 75.9 cm³/mol. The number of rotatable bonds is 2. The van der Waals surface area contributed by atoms with Gasteiger partial charge < -0.3 is 10.3 Å². The first-order chi connectivity index (χ1) is 8.41. The highest BCUT2D eigenvalue weighted by Gasteiger charge is 2.11. The minimum absolute atomic E-state index is 0.00482. The van der Waals surface area contributed by atoms with Crippen molar-refractivity contribution in [2.75, 3.05) is 0 Å². The van der Waals surface area contributed by atoms with E-state index in [2.05, 4.69) is 26.0 Å². The highest BCUT2D eigenvalue weighted by atomic mass is 16.1. The van der Waals surface area contributed by atoms with Gasteiger partial charge in [0.05, 0.1) is 5.52 Å². The van der Waals surface area contributed by atoms with Crippen molar-refractivity contribution in [2.24, 2.45) is 12.8 Å². The maximum Gasteiger partial charge on any atom is 0.255 e. The summed E-state index contributed by atoms with van der Waals surface area (Å²) in [4.78, 5) is 12.1. The van der Waals surface area contributed by atoms with E-state index in [1.165, 1.54) is 5.56 Å². The topological polar surface area (TPSA) is 48.0 Å². The van der Waals surface area contributed by atoms with E-state index in [1.807, 2.05) is 19.1 Å². The van der Waals surface area contributed by atoms with Gasteiger partial charge in [0, 0.05) is 18.7 Å². The Bertz CT molecular complexity index is 639. The largest absolute Gasteiger partial charge is 0.324 e. The number of aromatic nitrogens is 1. The zero-order valence-electron chi connectivity index (χ0n) is 11.4. The average molecular weight is 244 g/mol. The van der Waals surface area contributed by atoms with Crippen molar-refractivity contribution in [3.8, 4) is 0 Å². The molecule has 3 nitrogen and oxygen atoms in total. The second-order valence-electron chi connectivity index (χ2n) is 5.23. The van der Waals surface area contributed by atoms with Crippen LogP contribution in [0.5, 0.6) is 0 Å². The quantitative estimate of drug-likeness (QED) is 0.883. The second-order valence-corrected chi connectivity index (χ2v) is 5.23. The zero-order valence-corrected chi connectivity index (χ0v) is 11.4. The third-order valence-electron chi connectivity index (χ3n) is 3.43. The molecular formula is C15H20N2O. The number of hydrogen-bond donors (Lipinski definition) is 1. The Kier molecular flexibility index (Phi) is 3.26. The zero-order chi connectivity index (χ0) is 13.4. The molecule has 0 spiro atoms. The first-order valence-electron chi connectivity index (χ1n) is 6.31. The maximum absolute atomic E-state index is 12.1. The molecule has 0 radical (unpaired) electrons. The average Bonchev–Trinajstić information content (AvgIpc) is 2.32. The van der Waals surface area contributed by atoms with Crippen LogP contribution in [-0.4, -0.2) is 4.57 Å². The van der Waals surface area contributed by atoms with Gasteiger partial charge in [0.1, 0.15) is 0 Å². The van der Waals surface area contributed by atoms with E-state index in [9.17, 15) is 4.79 Å². The summed E-state index contributed by atoms with van der Waals surface area (Å²) in [6.07, 6.45) is 0. The number of fused-ring (bicyclic) bond motifs is 1. The lowest BCUT2D eigenvalue weighted by Crippen LogP contribution is -2.25. The monoisotopic (exact) mass is 244 g/mol. The Morgan fingerprint density at radius 3 is 2.39 bits per heavy atom. The van der Waals surface area contributed by atoms with Crippen LogP contribution in [0, 0.1) is 0 Å². The van der Waals surface area contributed by atoms with Crippen molar-refractivity contribution < 1.29 is 0 Å². The molecule has 1 unspecified atom stereocenters. The summed E-state index contributed by atoms with van der Waals surface area (Å²) in [6.45, 7) is 6.17. The van der Waals surface area contributed by atoms with Crippen LogP contribution >= 0.6 is 0 Å². The van der Waals surface area contributed by atoms with Crippen LogP contribution in [0.15, 0.2) is 29.1 Å². The molecule has 1 aromatic carbocycles. The molecule has 3 heteroatoms. The normalized spacial score (nSPS) is 13.2. The minimum Gasteiger partial charge on any atom is -0.324 e. The first-order valence-corrected chi connectivity index (χ1v) is 6.31. The molecule has 2 N–H and O–H groups in total. The number of benzene rings is 1. The third-order valence-corrected chi connectivity index (χ3v) is 3.43. The maximum atomic E-state index is 12.1. The summed E-state index contributed by atoms with van der Waals surface area (Å²) >= 11 is 0. The Morgan fingerprint density at radius 1 is 1.17 bits per heavy atom. The molecule has 96 valence electrons. The van der Waals surface area contributed by atoms with Crippen molar-refractivity contribution in [1.82, 2.24) is 4.57 Å². The molecule has 0 bridgehead atoms. The fraction of sp³-hybridized carbons (Fsp3) is 0.400. The lowest BCUT2D eigenvalue weighted by atomic mass is 9.99. The van der Waals surface area contributed by atoms with Gasteiger partial charge >= 0.3 is 0 Å². The molecule has 2 aromatic rings. The molecule has 18 heavy (non-hydrogen) atoms. The van der Waals surface area contributed by atoms with Gasteiger partial charge in [0.15, 0.2) is 0 Å². The van der Waals surface area contributed by atoms with E-state index in [4.69, 9.17) is 5.73 Å². The highest BCUT2D eigenvalue weighted by molar-refractivity contribution is 5.80. The lowest BCUT2D eigenvalue weighted by Gasteiger charge is -2.13. The smallest absolute Gasteiger partial charge is 0.255 e. The molecular weight excluding hydrogens is 224 g/mol. The van der Waals surface area contributed by atoms with Gasteiger partial charge in [-0.25, -0.2) is 0 Å². The molecule has 1 heterocycles. The number of nitrogens with two attached hydrogens (primary N) is 1. The van der Waals surface area contributed by atoms with Crippen molar-refractivity contribution in [3.05, 3.63) is 45.7 Å². The van der Waals surface area contributed by atoms with Gasteiger partial charge in [-0.05, 0) is 42.0 Å². The van der Waals surface area contributed by atoms with Crippen molar-refractivity contribution in [3.63, 3.8) is 0 Å². The second kappa shape index (κ2) is 4.58. The summed E-state index contributed by atoms with van der Waals surface area (Å²) in [6, 6.07) is 7.92. The van der Waals surface area contributed by atoms with E-state index in [-0.39, 0.29) is 11.6 Å². The predicted octanol–water partition coefficient (Wildman–Crippen LogP) is 2.68. The van der Waals surface area contributed by atoms with Gasteiger partial charge in [0.2, 0.25) is 0 Å². The van der Waals surface area contributed by atoms with Crippen LogP contribution in [0.1, 0.15) is 43.9 Å². The number of nitrogens with zero attached hydrogens (tertiary/aromatic N) is 1. The fourth-order valence-electron chi connectivity index (χ4n) is 2.21. The molecule has 0 aliphatic carbocycles. The van der Waals surface area contributed by atoms with Gasteiger partial charge in [0.25, 0.3) is 5.56 Å². The molecule has 1 atom stereocenters.